The number of carbonyl (C=O) groups excluding carboxylic acids is 1. The highest BCUT2D eigenvalue weighted by Gasteiger charge is 2.03. The van der Waals surface area contributed by atoms with Crippen molar-refractivity contribution in [3.8, 4) is 5.69 Å². The number of aromatic nitrogens is 2. The van der Waals surface area contributed by atoms with Crippen LogP contribution in [0.2, 0.25) is 0 Å². The molecule has 0 atom stereocenters. The molecule has 0 unspecified atom stereocenters. The number of anilines is 1. The van der Waals surface area contributed by atoms with Gasteiger partial charge in [0, 0.05) is 18.1 Å². The Morgan fingerprint density at radius 3 is 3.06 bits per heavy atom. The minimum absolute atomic E-state index is 0.352. The lowest BCUT2D eigenvalue weighted by Crippen LogP contribution is -2.13. The predicted octanol–water partition coefficient (Wildman–Crippen LogP) is 2.44. The first kappa shape index (κ1) is 11.2. The number of rotatable bonds is 3. The van der Waals surface area contributed by atoms with Crippen LogP contribution in [0, 0.1) is 0 Å². The summed E-state index contributed by atoms with van der Waals surface area (Å²) in [6.45, 7) is 2.12. The average Bonchev–Trinajstić information content (AvgIpc) is 2.83. The van der Waals surface area contributed by atoms with E-state index in [1.54, 1.807) is 23.9 Å². The number of amides is 1. The lowest BCUT2D eigenvalue weighted by Gasteiger charge is -2.07. The summed E-state index contributed by atoms with van der Waals surface area (Å²) in [4.78, 5) is 11.3. The summed E-state index contributed by atoms with van der Waals surface area (Å²) in [5.41, 5.74) is 1.56. The highest BCUT2D eigenvalue weighted by Crippen LogP contribution is 2.13. The van der Waals surface area contributed by atoms with Gasteiger partial charge in [0.05, 0.1) is 12.3 Å². The first-order valence-corrected chi connectivity index (χ1v) is 5.33. The van der Waals surface area contributed by atoms with Crippen molar-refractivity contribution < 1.29 is 9.53 Å². The zero-order valence-corrected chi connectivity index (χ0v) is 9.46. The molecule has 5 heteroatoms. The molecule has 0 fully saturated rings. The number of nitrogens with zero attached hydrogens (tertiary/aromatic N) is 2. The van der Waals surface area contributed by atoms with E-state index in [1.165, 1.54) is 0 Å². The summed E-state index contributed by atoms with van der Waals surface area (Å²) in [7, 11) is 0. The van der Waals surface area contributed by atoms with Crippen molar-refractivity contribution in [1.82, 2.24) is 9.78 Å². The first-order chi connectivity index (χ1) is 8.29. The van der Waals surface area contributed by atoms with Crippen molar-refractivity contribution in [2.75, 3.05) is 11.9 Å². The third kappa shape index (κ3) is 2.84. The van der Waals surface area contributed by atoms with E-state index < -0.39 is 6.09 Å². The summed E-state index contributed by atoms with van der Waals surface area (Å²) >= 11 is 0. The topological polar surface area (TPSA) is 56.1 Å². The Bertz CT molecular complexity index is 494. The van der Waals surface area contributed by atoms with Gasteiger partial charge in [0.25, 0.3) is 0 Å². The average molecular weight is 231 g/mol. The second-order valence-corrected chi connectivity index (χ2v) is 3.35. The highest BCUT2D eigenvalue weighted by molar-refractivity contribution is 5.84. The molecular weight excluding hydrogens is 218 g/mol. The molecule has 0 radical (unpaired) electrons. The van der Waals surface area contributed by atoms with Gasteiger partial charge in [-0.15, -0.1) is 0 Å². The fourth-order valence-electron chi connectivity index (χ4n) is 1.43. The van der Waals surface area contributed by atoms with Gasteiger partial charge in [-0.05, 0) is 31.2 Å². The molecule has 1 aromatic heterocycles. The number of hydrogen-bond acceptors (Lipinski definition) is 3. The standard InChI is InChI=1S/C12H13N3O2/c1-2-17-12(16)14-10-5-3-6-11(9-10)15-8-4-7-13-15/h3-9H,2H2,1H3,(H,14,16). The van der Waals surface area contributed by atoms with Crippen molar-refractivity contribution in [1.29, 1.82) is 0 Å². The molecule has 0 spiro atoms. The molecule has 2 rings (SSSR count). The van der Waals surface area contributed by atoms with Gasteiger partial charge in [-0.25, -0.2) is 9.48 Å². The molecule has 17 heavy (non-hydrogen) atoms. The Kier molecular flexibility index (Phi) is 3.40. The van der Waals surface area contributed by atoms with E-state index in [0.717, 1.165) is 5.69 Å². The normalized spacial score (nSPS) is 9.94. The van der Waals surface area contributed by atoms with Gasteiger partial charge in [0.2, 0.25) is 0 Å². The SMILES string of the molecule is CCOC(=O)Nc1cccc(-n2cccn2)c1. The van der Waals surface area contributed by atoms with Crippen LogP contribution in [0.1, 0.15) is 6.92 Å². The fourth-order valence-corrected chi connectivity index (χ4v) is 1.43. The molecule has 0 aliphatic heterocycles. The molecule has 2 aromatic rings. The van der Waals surface area contributed by atoms with Crippen LogP contribution >= 0.6 is 0 Å². The zero-order valence-electron chi connectivity index (χ0n) is 9.46. The molecule has 0 aliphatic rings. The molecule has 1 amide bonds. The Morgan fingerprint density at radius 1 is 1.47 bits per heavy atom. The molecular formula is C12H13N3O2. The number of ether oxygens (including phenoxy) is 1. The quantitative estimate of drug-likeness (QED) is 0.882. The van der Waals surface area contributed by atoms with Gasteiger partial charge < -0.3 is 4.74 Å². The summed E-state index contributed by atoms with van der Waals surface area (Å²) in [6.07, 6.45) is 3.08. The van der Waals surface area contributed by atoms with E-state index in [1.807, 2.05) is 30.5 Å². The Hall–Kier alpha value is -2.30. The second kappa shape index (κ2) is 5.16. The predicted molar refractivity (Wildman–Crippen MR) is 64.2 cm³/mol. The van der Waals surface area contributed by atoms with Gasteiger partial charge in [-0.3, -0.25) is 5.32 Å². The van der Waals surface area contributed by atoms with Crippen molar-refractivity contribution in [2.45, 2.75) is 6.92 Å². The minimum atomic E-state index is -0.454. The highest BCUT2D eigenvalue weighted by atomic mass is 16.5. The monoisotopic (exact) mass is 231 g/mol. The molecule has 1 aromatic carbocycles. The lowest BCUT2D eigenvalue weighted by atomic mass is 10.3. The molecule has 0 aliphatic carbocycles. The number of nitrogens with one attached hydrogen (secondary N) is 1. The molecule has 0 saturated heterocycles. The van der Waals surface area contributed by atoms with Crippen LogP contribution in [0.4, 0.5) is 10.5 Å². The van der Waals surface area contributed by atoms with Crippen molar-refractivity contribution in [2.24, 2.45) is 0 Å². The Balaban J connectivity index is 2.15. The van der Waals surface area contributed by atoms with E-state index in [9.17, 15) is 4.79 Å². The smallest absolute Gasteiger partial charge is 0.411 e. The third-order valence-corrected chi connectivity index (χ3v) is 2.14. The summed E-state index contributed by atoms with van der Waals surface area (Å²) in [6, 6.07) is 9.21. The van der Waals surface area contributed by atoms with Crippen LogP contribution in [-0.2, 0) is 4.74 Å². The summed E-state index contributed by atoms with van der Waals surface area (Å²) in [5, 5.41) is 6.76. The van der Waals surface area contributed by atoms with Crippen molar-refractivity contribution in [3.05, 3.63) is 42.7 Å². The molecule has 1 heterocycles. The van der Waals surface area contributed by atoms with Gasteiger partial charge >= 0.3 is 6.09 Å². The Morgan fingerprint density at radius 2 is 2.35 bits per heavy atom. The third-order valence-electron chi connectivity index (χ3n) is 2.14. The molecule has 0 bridgehead atoms. The molecule has 1 N–H and O–H groups in total. The molecule has 5 nitrogen and oxygen atoms in total. The number of carbonyl (C=O) groups is 1. The van der Waals surface area contributed by atoms with Crippen LogP contribution in [0.3, 0.4) is 0 Å². The van der Waals surface area contributed by atoms with Crippen LogP contribution in [0.25, 0.3) is 5.69 Å². The van der Waals surface area contributed by atoms with E-state index in [4.69, 9.17) is 4.74 Å². The largest absolute Gasteiger partial charge is 0.450 e. The van der Waals surface area contributed by atoms with E-state index >= 15 is 0 Å². The lowest BCUT2D eigenvalue weighted by molar-refractivity contribution is 0.168. The van der Waals surface area contributed by atoms with Gasteiger partial charge in [0.1, 0.15) is 0 Å². The van der Waals surface area contributed by atoms with Crippen molar-refractivity contribution >= 4 is 11.8 Å². The van der Waals surface area contributed by atoms with Crippen LogP contribution in [0.15, 0.2) is 42.7 Å². The van der Waals surface area contributed by atoms with E-state index in [-0.39, 0.29) is 0 Å². The van der Waals surface area contributed by atoms with Crippen LogP contribution < -0.4 is 5.32 Å². The van der Waals surface area contributed by atoms with Gasteiger partial charge in [-0.2, -0.15) is 5.10 Å². The minimum Gasteiger partial charge on any atom is -0.450 e. The maximum Gasteiger partial charge on any atom is 0.411 e. The maximum atomic E-state index is 11.3. The van der Waals surface area contributed by atoms with Crippen molar-refractivity contribution in [3.63, 3.8) is 0 Å². The van der Waals surface area contributed by atoms with Crippen LogP contribution in [0.5, 0.6) is 0 Å². The van der Waals surface area contributed by atoms with E-state index in [2.05, 4.69) is 10.4 Å². The number of benzene rings is 1. The maximum absolute atomic E-state index is 11.3. The van der Waals surface area contributed by atoms with E-state index in [0.29, 0.717) is 12.3 Å². The Labute approximate surface area is 99.0 Å². The summed E-state index contributed by atoms with van der Waals surface area (Å²) in [5.74, 6) is 0. The molecule has 0 saturated carbocycles. The summed E-state index contributed by atoms with van der Waals surface area (Å²) < 4.78 is 6.52. The molecule has 88 valence electrons. The number of hydrogen-bond donors (Lipinski definition) is 1. The fraction of sp³-hybridized carbons (Fsp3) is 0.167. The van der Waals surface area contributed by atoms with Gasteiger partial charge in [0.15, 0.2) is 0 Å². The second-order valence-electron chi connectivity index (χ2n) is 3.35. The first-order valence-electron chi connectivity index (χ1n) is 5.33. The zero-order chi connectivity index (χ0) is 12.1. The van der Waals surface area contributed by atoms with Gasteiger partial charge in [-0.1, -0.05) is 6.07 Å². The van der Waals surface area contributed by atoms with Crippen LogP contribution in [-0.4, -0.2) is 22.5 Å².